The number of anilines is 2. The van der Waals surface area contributed by atoms with E-state index in [0.29, 0.717) is 17.9 Å². The summed E-state index contributed by atoms with van der Waals surface area (Å²) >= 11 is 0. The number of cyclic esters (lactones) is 2. The Kier molecular flexibility index (Phi) is 4.55. The van der Waals surface area contributed by atoms with Crippen molar-refractivity contribution in [3.8, 4) is 11.1 Å². The highest BCUT2D eigenvalue weighted by molar-refractivity contribution is 5.90. The number of aromatic nitrogens is 1. The van der Waals surface area contributed by atoms with Crippen molar-refractivity contribution in [3.05, 3.63) is 42.1 Å². The van der Waals surface area contributed by atoms with Crippen molar-refractivity contribution in [2.24, 2.45) is 0 Å². The molecule has 2 aromatic rings. The van der Waals surface area contributed by atoms with Gasteiger partial charge in [0.1, 0.15) is 18.5 Å². The number of halogens is 2. The highest BCUT2D eigenvalue weighted by Gasteiger charge is 2.34. The Morgan fingerprint density at radius 3 is 2.54 bits per heavy atom. The van der Waals surface area contributed by atoms with Crippen LogP contribution < -0.4 is 9.80 Å². The number of carbonyl (C=O) groups is 2. The topological polar surface area (TPSA) is 92.2 Å². The first-order valence-electron chi connectivity index (χ1n) is 8.47. The second kappa shape index (κ2) is 7.04. The number of pyridine rings is 1. The quantitative estimate of drug-likeness (QED) is 0.860. The lowest BCUT2D eigenvalue weighted by molar-refractivity contribution is 0.0963. The number of hydrogen-bond donors (Lipinski definition) is 1. The fourth-order valence-corrected chi connectivity index (χ4v) is 3.09. The minimum absolute atomic E-state index is 0.0458. The highest BCUT2D eigenvalue weighted by Crippen LogP contribution is 2.32. The number of nitrogens with zero attached hydrogens (tertiary/aromatic N) is 3. The summed E-state index contributed by atoms with van der Waals surface area (Å²) in [6.07, 6.45) is -0.831. The average molecular weight is 391 g/mol. The van der Waals surface area contributed by atoms with Crippen molar-refractivity contribution in [2.45, 2.75) is 6.10 Å². The fraction of sp³-hybridized carbons (Fsp3) is 0.278. The van der Waals surface area contributed by atoms with Gasteiger partial charge in [0.2, 0.25) is 0 Å². The van der Waals surface area contributed by atoms with Crippen LogP contribution in [0.1, 0.15) is 0 Å². The predicted octanol–water partition coefficient (Wildman–Crippen LogP) is 2.30. The Balaban J connectivity index is 1.62. The molecule has 0 bridgehead atoms. The molecular weight excluding hydrogens is 376 g/mol. The molecule has 2 amide bonds. The molecule has 2 aliphatic rings. The Bertz CT molecular complexity index is 938. The number of aliphatic hydroxyl groups excluding tert-OH is 1. The van der Waals surface area contributed by atoms with Crippen LogP contribution in [0.4, 0.5) is 29.9 Å². The summed E-state index contributed by atoms with van der Waals surface area (Å²) in [5.41, 5.74) is -0.0151. The molecular formula is C18H15F2N3O5. The van der Waals surface area contributed by atoms with Crippen molar-refractivity contribution in [1.29, 1.82) is 0 Å². The second-order valence-electron chi connectivity index (χ2n) is 6.23. The number of aliphatic hydroxyl groups is 1. The summed E-state index contributed by atoms with van der Waals surface area (Å²) in [6.45, 7) is 0.142. The van der Waals surface area contributed by atoms with Crippen LogP contribution in [0, 0.1) is 11.6 Å². The van der Waals surface area contributed by atoms with E-state index in [-0.39, 0.29) is 24.4 Å². The van der Waals surface area contributed by atoms with Gasteiger partial charge in [0.25, 0.3) is 0 Å². The van der Waals surface area contributed by atoms with Gasteiger partial charge in [-0.15, -0.1) is 0 Å². The molecule has 0 saturated carbocycles. The van der Waals surface area contributed by atoms with E-state index in [1.54, 1.807) is 0 Å². The van der Waals surface area contributed by atoms with E-state index in [1.165, 1.54) is 35.4 Å². The molecule has 1 atom stereocenters. The second-order valence-corrected chi connectivity index (χ2v) is 6.23. The normalized spacial score (nSPS) is 19.2. The molecule has 146 valence electrons. The standard InChI is InChI=1S/C18H15F2N3O5/c19-15-12(10-1-4-14(21-7-10)22-5-6-27-17(22)25)2-3-13(16(15)20)23-8-11(9-24)28-18(23)26/h1-4,7,11,24H,5-6,8-9H2. The fourth-order valence-electron chi connectivity index (χ4n) is 3.09. The maximum atomic E-state index is 14.7. The third kappa shape index (κ3) is 3.01. The van der Waals surface area contributed by atoms with Gasteiger partial charge in [-0.3, -0.25) is 9.80 Å². The Morgan fingerprint density at radius 2 is 1.93 bits per heavy atom. The van der Waals surface area contributed by atoms with Gasteiger partial charge in [0.05, 0.1) is 25.4 Å². The van der Waals surface area contributed by atoms with E-state index in [1.807, 2.05) is 0 Å². The monoisotopic (exact) mass is 391 g/mol. The molecule has 1 aromatic heterocycles. The summed E-state index contributed by atoms with van der Waals surface area (Å²) in [5, 5.41) is 9.07. The molecule has 2 saturated heterocycles. The molecule has 0 spiro atoms. The number of amides is 2. The molecule has 4 rings (SSSR count). The minimum Gasteiger partial charge on any atom is -0.447 e. The summed E-state index contributed by atoms with van der Waals surface area (Å²) in [6, 6.07) is 5.61. The summed E-state index contributed by atoms with van der Waals surface area (Å²) in [4.78, 5) is 29.7. The van der Waals surface area contributed by atoms with E-state index in [0.717, 1.165) is 4.90 Å². The van der Waals surface area contributed by atoms with Crippen molar-refractivity contribution >= 4 is 23.7 Å². The molecule has 2 aliphatic heterocycles. The van der Waals surface area contributed by atoms with Gasteiger partial charge in [-0.05, 0) is 24.3 Å². The third-order valence-corrected chi connectivity index (χ3v) is 4.53. The SMILES string of the molecule is O=C1OCCN1c1ccc(-c2ccc(N3CC(CO)OC3=O)c(F)c2F)cn1. The molecule has 8 nitrogen and oxygen atoms in total. The predicted molar refractivity (Wildman–Crippen MR) is 93.0 cm³/mol. The Morgan fingerprint density at radius 1 is 1.11 bits per heavy atom. The zero-order chi connectivity index (χ0) is 19.8. The van der Waals surface area contributed by atoms with E-state index in [2.05, 4.69) is 4.98 Å². The summed E-state index contributed by atoms with van der Waals surface area (Å²) < 4.78 is 38.9. The number of ether oxygens (including phenoxy) is 2. The molecule has 3 heterocycles. The largest absolute Gasteiger partial charge is 0.447 e. The van der Waals surface area contributed by atoms with E-state index in [4.69, 9.17) is 14.6 Å². The van der Waals surface area contributed by atoms with Crippen LogP contribution in [0.3, 0.4) is 0 Å². The van der Waals surface area contributed by atoms with Gasteiger partial charge in [-0.25, -0.2) is 23.4 Å². The van der Waals surface area contributed by atoms with Gasteiger partial charge in [0, 0.05) is 17.3 Å². The van der Waals surface area contributed by atoms with E-state index >= 15 is 0 Å². The van der Waals surface area contributed by atoms with Crippen LogP contribution in [0.2, 0.25) is 0 Å². The zero-order valence-electron chi connectivity index (χ0n) is 14.5. The summed E-state index contributed by atoms with van der Waals surface area (Å²) in [7, 11) is 0. The molecule has 0 aliphatic carbocycles. The molecule has 1 unspecified atom stereocenters. The van der Waals surface area contributed by atoms with Gasteiger partial charge in [-0.1, -0.05) is 0 Å². The lowest BCUT2D eigenvalue weighted by Crippen LogP contribution is -2.26. The lowest BCUT2D eigenvalue weighted by Gasteiger charge is -2.16. The molecule has 0 radical (unpaired) electrons. The van der Waals surface area contributed by atoms with E-state index in [9.17, 15) is 18.4 Å². The molecule has 1 N–H and O–H groups in total. The molecule has 1 aromatic carbocycles. The minimum atomic E-state index is -1.21. The first kappa shape index (κ1) is 18.1. The van der Waals surface area contributed by atoms with E-state index < -0.39 is 36.5 Å². The van der Waals surface area contributed by atoms with Crippen LogP contribution in [-0.4, -0.2) is 54.7 Å². The van der Waals surface area contributed by atoms with Crippen LogP contribution in [0.25, 0.3) is 11.1 Å². The molecule has 28 heavy (non-hydrogen) atoms. The average Bonchev–Trinajstić information content (AvgIpc) is 3.29. The maximum absolute atomic E-state index is 14.7. The van der Waals surface area contributed by atoms with Crippen molar-refractivity contribution in [1.82, 2.24) is 4.98 Å². The van der Waals surface area contributed by atoms with Crippen molar-refractivity contribution in [3.63, 3.8) is 0 Å². The van der Waals surface area contributed by atoms with Gasteiger partial charge >= 0.3 is 12.2 Å². The van der Waals surface area contributed by atoms with Crippen LogP contribution >= 0.6 is 0 Å². The number of hydrogen-bond acceptors (Lipinski definition) is 6. The zero-order valence-corrected chi connectivity index (χ0v) is 14.5. The van der Waals surface area contributed by atoms with Gasteiger partial charge in [-0.2, -0.15) is 0 Å². The molecule has 2 fully saturated rings. The number of rotatable bonds is 4. The first-order chi connectivity index (χ1) is 13.5. The van der Waals surface area contributed by atoms with Gasteiger partial charge in [0.15, 0.2) is 11.6 Å². The van der Waals surface area contributed by atoms with Crippen molar-refractivity contribution < 1.29 is 33.0 Å². The van der Waals surface area contributed by atoms with Crippen LogP contribution in [-0.2, 0) is 9.47 Å². The third-order valence-electron chi connectivity index (χ3n) is 4.53. The van der Waals surface area contributed by atoms with Crippen molar-refractivity contribution in [2.75, 3.05) is 36.1 Å². The number of benzene rings is 1. The number of carbonyl (C=O) groups excluding carboxylic acids is 2. The summed E-state index contributed by atoms with van der Waals surface area (Å²) in [5.74, 6) is -2.01. The Labute approximate surface area is 157 Å². The van der Waals surface area contributed by atoms with Crippen LogP contribution in [0.5, 0.6) is 0 Å². The van der Waals surface area contributed by atoms with Crippen LogP contribution in [0.15, 0.2) is 30.5 Å². The first-order valence-corrected chi connectivity index (χ1v) is 8.47. The molecule has 10 heteroatoms. The highest BCUT2D eigenvalue weighted by atomic mass is 19.2. The van der Waals surface area contributed by atoms with Gasteiger partial charge < -0.3 is 14.6 Å². The Hall–Kier alpha value is -3.27. The lowest BCUT2D eigenvalue weighted by atomic mass is 10.1. The maximum Gasteiger partial charge on any atom is 0.415 e. The smallest absolute Gasteiger partial charge is 0.415 e.